The van der Waals surface area contributed by atoms with Gasteiger partial charge in [0.25, 0.3) is 10.0 Å². The van der Waals surface area contributed by atoms with Crippen LogP contribution in [0.3, 0.4) is 0 Å². The highest BCUT2D eigenvalue weighted by atomic mass is 32.2. The average Bonchev–Trinajstić information content (AvgIpc) is 3.43. The molecule has 36 heavy (non-hydrogen) atoms. The van der Waals surface area contributed by atoms with E-state index in [0.29, 0.717) is 11.4 Å². The van der Waals surface area contributed by atoms with Crippen molar-refractivity contribution in [1.82, 2.24) is 5.32 Å². The average molecular weight is 508 g/mol. The predicted octanol–water partition coefficient (Wildman–Crippen LogP) is 4.68. The van der Waals surface area contributed by atoms with Crippen LogP contribution < -0.4 is 19.3 Å². The molecule has 1 fully saturated rings. The number of amides is 1. The molecule has 0 bridgehead atoms. The van der Waals surface area contributed by atoms with Crippen molar-refractivity contribution in [1.29, 1.82) is 0 Å². The molecule has 0 aromatic heterocycles. The fraction of sp³-hybridized carbons (Fsp3) is 0.321. The molecule has 1 atom stereocenters. The fourth-order valence-corrected chi connectivity index (χ4v) is 5.91. The molecule has 1 saturated heterocycles. The maximum atomic E-state index is 13.7. The summed E-state index contributed by atoms with van der Waals surface area (Å²) < 4.78 is 33.9. The van der Waals surface area contributed by atoms with Crippen LogP contribution in [-0.4, -0.2) is 41.1 Å². The molecule has 0 spiro atoms. The van der Waals surface area contributed by atoms with Crippen LogP contribution in [-0.2, 0) is 14.8 Å². The molecule has 4 rings (SSSR count). The van der Waals surface area contributed by atoms with E-state index in [2.05, 4.69) is 22.3 Å². The molecule has 0 saturated carbocycles. The van der Waals surface area contributed by atoms with Crippen LogP contribution in [0.1, 0.15) is 36.9 Å². The highest BCUT2D eigenvalue weighted by Crippen LogP contribution is 2.33. The monoisotopic (exact) mass is 507 g/mol. The van der Waals surface area contributed by atoms with Crippen molar-refractivity contribution in [2.75, 3.05) is 35.9 Å². The predicted molar refractivity (Wildman–Crippen MR) is 143 cm³/mol. The van der Waals surface area contributed by atoms with Crippen molar-refractivity contribution in [2.24, 2.45) is 0 Å². The van der Waals surface area contributed by atoms with Crippen LogP contribution in [0.25, 0.3) is 0 Å². The number of benzene rings is 3. The summed E-state index contributed by atoms with van der Waals surface area (Å²) >= 11 is 0. The van der Waals surface area contributed by atoms with E-state index in [-0.39, 0.29) is 17.5 Å². The Labute approximate surface area is 213 Å². The molecule has 3 aromatic rings. The summed E-state index contributed by atoms with van der Waals surface area (Å²) in [6.07, 6.45) is 2.42. The van der Waals surface area contributed by atoms with Gasteiger partial charge in [0.1, 0.15) is 12.3 Å². The molecule has 190 valence electrons. The van der Waals surface area contributed by atoms with Gasteiger partial charge in [-0.3, -0.25) is 9.10 Å². The first-order chi connectivity index (χ1) is 17.3. The second-order valence-corrected chi connectivity index (χ2v) is 10.9. The quantitative estimate of drug-likeness (QED) is 0.455. The number of nitrogens with one attached hydrogen (secondary N) is 1. The maximum absolute atomic E-state index is 13.7. The minimum Gasteiger partial charge on any atom is -0.495 e. The van der Waals surface area contributed by atoms with Crippen molar-refractivity contribution in [3.63, 3.8) is 0 Å². The minimum atomic E-state index is -4.03. The molecule has 0 radical (unpaired) electrons. The molecular formula is C28H33N3O4S. The number of nitrogens with zero attached hydrogens (tertiary/aromatic N) is 2. The van der Waals surface area contributed by atoms with Gasteiger partial charge in [0.2, 0.25) is 5.91 Å². The molecule has 0 aliphatic carbocycles. The van der Waals surface area contributed by atoms with E-state index < -0.39 is 15.9 Å². The summed E-state index contributed by atoms with van der Waals surface area (Å²) in [5, 5.41) is 2.96. The van der Waals surface area contributed by atoms with E-state index >= 15 is 0 Å². The molecular weight excluding hydrogens is 474 g/mol. The summed E-state index contributed by atoms with van der Waals surface area (Å²) in [5.41, 5.74) is 3.31. The normalized spacial score (nSPS) is 14.4. The van der Waals surface area contributed by atoms with Gasteiger partial charge in [-0.2, -0.15) is 0 Å². The summed E-state index contributed by atoms with van der Waals surface area (Å²) in [6, 6.07) is 21.3. The van der Waals surface area contributed by atoms with Crippen molar-refractivity contribution in [3.05, 3.63) is 83.9 Å². The maximum Gasteiger partial charge on any atom is 0.264 e. The molecule has 1 unspecified atom stereocenters. The van der Waals surface area contributed by atoms with E-state index in [1.165, 1.54) is 37.8 Å². The van der Waals surface area contributed by atoms with Crippen LogP contribution >= 0.6 is 0 Å². The number of rotatable bonds is 9. The smallest absolute Gasteiger partial charge is 0.264 e. The standard InChI is InChI=1S/C28H33N3O4S/c1-21-11-16-27(35-3)26(19-21)31(36(33,34)25-9-5-4-6-10-25)20-28(32)29-22(2)23-12-14-24(15-13-23)30-17-7-8-18-30/h4-6,9-16,19,22H,7-8,17-18,20H2,1-3H3,(H,29,32). The lowest BCUT2D eigenvalue weighted by Crippen LogP contribution is -2.41. The zero-order chi connectivity index (χ0) is 25.7. The van der Waals surface area contributed by atoms with Crippen LogP contribution in [0, 0.1) is 6.92 Å². The first kappa shape index (κ1) is 25.6. The van der Waals surface area contributed by atoms with Gasteiger partial charge in [0, 0.05) is 18.8 Å². The lowest BCUT2D eigenvalue weighted by atomic mass is 10.1. The molecule has 1 aliphatic rings. The van der Waals surface area contributed by atoms with E-state index in [0.717, 1.165) is 28.5 Å². The Hall–Kier alpha value is -3.52. The molecule has 8 heteroatoms. The van der Waals surface area contributed by atoms with E-state index in [1.807, 2.05) is 32.0 Å². The van der Waals surface area contributed by atoms with Crippen molar-refractivity contribution >= 4 is 27.3 Å². The zero-order valence-corrected chi connectivity index (χ0v) is 21.8. The Kier molecular flexibility index (Phi) is 7.84. The fourth-order valence-electron chi connectivity index (χ4n) is 4.46. The Bertz CT molecular complexity index is 1290. The van der Waals surface area contributed by atoms with E-state index in [1.54, 1.807) is 30.3 Å². The van der Waals surface area contributed by atoms with Crippen molar-refractivity contribution < 1.29 is 17.9 Å². The molecule has 3 aromatic carbocycles. The van der Waals surface area contributed by atoms with Crippen molar-refractivity contribution in [3.8, 4) is 5.75 Å². The summed E-state index contributed by atoms with van der Waals surface area (Å²) in [4.78, 5) is 15.6. The largest absolute Gasteiger partial charge is 0.495 e. The number of carbonyl (C=O) groups excluding carboxylic acids is 1. The number of methoxy groups -OCH3 is 1. The Balaban J connectivity index is 1.57. The number of anilines is 2. The number of aryl methyl sites for hydroxylation is 1. The second kappa shape index (κ2) is 11.0. The Morgan fingerprint density at radius 3 is 2.33 bits per heavy atom. The lowest BCUT2D eigenvalue weighted by Gasteiger charge is -2.27. The third-order valence-electron chi connectivity index (χ3n) is 6.46. The summed E-state index contributed by atoms with van der Waals surface area (Å²) in [7, 11) is -2.55. The summed E-state index contributed by atoms with van der Waals surface area (Å²) in [5.74, 6) is -0.0346. The zero-order valence-electron chi connectivity index (χ0n) is 21.0. The first-order valence-corrected chi connectivity index (χ1v) is 13.6. The topological polar surface area (TPSA) is 79.0 Å². The number of ether oxygens (including phenoxy) is 1. The highest BCUT2D eigenvalue weighted by molar-refractivity contribution is 7.92. The SMILES string of the molecule is COc1ccc(C)cc1N(CC(=O)NC(C)c1ccc(N2CCCC2)cc1)S(=O)(=O)c1ccccc1. The second-order valence-electron chi connectivity index (χ2n) is 9.07. The van der Waals surface area contributed by atoms with E-state index in [4.69, 9.17) is 4.74 Å². The number of sulfonamides is 1. The van der Waals surface area contributed by atoms with Crippen LogP contribution in [0.15, 0.2) is 77.7 Å². The van der Waals surface area contributed by atoms with Gasteiger partial charge < -0.3 is 15.0 Å². The number of hydrogen-bond donors (Lipinski definition) is 1. The third kappa shape index (κ3) is 5.65. The Morgan fingerprint density at radius 1 is 1.03 bits per heavy atom. The van der Waals surface area contributed by atoms with Gasteiger partial charge >= 0.3 is 0 Å². The van der Waals surface area contributed by atoms with E-state index in [9.17, 15) is 13.2 Å². The molecule has 1 heterocycles. The first-order valence-electron chi connectivity index (χ1n) is 12.2. The molecule has 7 nitrogen and oxygen atoms in total. The minimum absolute atomic E-state index is 0.104. The van der Waals surface area contributed by atoms with Gasteiger partial charge in [-0.25, -0.2) is 8.42 Å². The highest BCUT2D eigenvalue weighted by Gasteiger charge is 2.30. The Morgan fingerprint density at radius 2 is 1.69 bits per heavy atom. The lowest BCUT2D eigenvalue weighted by molar-refractivity contribution is -0.120. The van der Waals surface area contributed by atoms with Crippen LogP contribution in [0.5, 0.6) is 5.75 Å². The number of hydrogen-bond acceptors (Lipinski definition) is 5. The van der Waals surface area contributed by atoms with Gasteiger partial charge in [0.05, 0.1) is 23.7 Å². The van der Waals surface area contributed by atoms with Gasteiger partial charge in [0.15, 0.2) is 0 Å². The molecule has 1 amide bonds. The summed E-state index contributed by atoms with van der Waals surface area (Å²) in [6.45, 7) is 5.52. The van der Waals surface area contributed by atoms with Crippen LogP contribution in [0.4, 0.5) is 11.4 Å². The van der Waals surface area contributed by atoms with Gasteiger partial charge in [-0.05, 0) is 74.2 Å². The molecule has 1 aliphatic heterocycles. The molecule has 1 N–H and O–H groups in total. The van der Waals surface area contributed by atoms with Crippen molar-refractivity contribution in [2.45, 2.75) is 37.6 Å². The number of carbonyl (C=O) groups is 1. The third-order valence-corrected chi connectivity index (χ3v) is 8.24. The van der Waals surface area contributed by atoms with Gasteiger partial charge in [-0.15, -0.1) is 0 Å². The van der Waals surface area contributed by atoms with Gasteiger partial charge in [-0.1, -0.05) is 36.4 Å². The van der Waals surface area contributed by atoms with Crippen LogP contribution in [0.2, 0.25) is 0 Å².